The lowest BCUT2D eigenvalue weighted by atomic mass is 10.2. The highest BCUT2D eigenvalue weighted by Crippen LogP contribution is 2.05. The Balaban J connectivity index is 2.16. The van der Waals surface area contributed by atoms with Crippen LogP contribution in [0.15, 0.2) is 0 Å². The Morgan fingerprint density at radius 1 is 1.83 bits per heavy atom. The summed E-state index contributed by atoms with van der Waals surface area (Å²) < 4.78 is 9.07. The third kappa shape index (κ3) is 2.41. The second-order valence-corrected chi connectivity index (χ2v) is 2.55. The monoisotopic (exact) mass is 173 g/mol. The molecule has 5 heteroatoms. The molecule has 0 unspecified atom stereocenters. The van der Waals surface area contributed by atoms with Crippen molar-refractivity contribution in [2.24, 2.45) is 0 Å². The molecule has 1 fully saturated rings. The summed E-state index contributed by atoms with van der Waals surface area (Å²) in [6.07, 6.45) is 0.466. The van der Waals surface area contributed by atoms with Crippen molar-refractivity contribution in [1.29, 1.82) is 0 Å². The van der Waals surface area contributed by atoms with Gasteiger partial charge >= 0.3 is 12.1 Å². The summed E-state index contributed by atoms with van der Waals surface area (Å²) in [6.45, 7) is 0.343. The zero-order valence-electron chi connectivity index (χ0n) is 6.83. The second-order valence-electron chi connectivity index (χ2n) is 2.55. The van der Waals surface area contributed by atoms with Gasteiger partial charge in [-0.15, -0.1) is 0 Å². The van der Waals surface area contributed by atoms with E-state index in [1.165, 1.54) is 7.11 Å². The zero-order chi connectivity index (χ0) is 8.97. The number of ether oxygens (including phenoxy) is 2. The molecule has 0 aromatic rings. The molecule has 0 spiro atoms. The number of rotatable bonds is 3. The van der Waals surface area contributed by atoms with Crippen LogP contribution in [0.25, 0.3) is 0 Å². The molecule has 1 N–H and O–H groups in total. The largest absolute Gasteiger partial charge is 0.469 e. The van der Waals surface area contributed by atoms with Gasteiger partial charge in [0, 0.05) is 6.42 Å². The van der Waals surface area contributed by atoms with Crippen LogP contribution in [-0.4, -0.2) is 31.8 Å². The van der Waals surface area contributed by atoms with Crippen LogP contribution in [0.4, 0.5) is 4.79 Å². The lowest BCUT2D eigenvalue weighted by molar-refractivity contribution is -0.140. The van der Waals surface area contributed by atoms with Crippen molar-refractivity contribution in [2.45, 2.75) is 18.9 Å². The van der Waals surface area contributed by atoms with E-state index in [-0.39, 0.29) is 12.0 Å². The Morgan fingerprint density at radius 3 is 3.08 bits per heavy atom. The van der Waals surface area contributed by atoms with Gasteiger partial charge in [-0.25, -0.2) is 4.79 Å². The first-order valence-corrected chi connectivity index (χ1v) is 3.72. The van der Waals surface area contributed by atoms with Crippen LogP contribution in [-0.2, 0) is 14.3 Å². The fourth-order valence-electron chi connectivity index (χ4n) is 0.976. The normalized spacial score (nSPS) is 21.4. The van der Waals surface area contributed by atoms with Crippen molar-refractivity contribution >= 4 is 12.1 Å². The van der Waals surface area contributed by atoms with Gasteiger partial charge in [-0.3, -0.25) is 4.79 Å². The van der Waals surface area contributed by atoms with Gasteiger partial charge in [0.2, 0.25) is 0 Å². The van der Waals surface area contributed by atoms with Crippen molar-refractivity contribution < 1.29 is 19.1 Å². The van der Waals surface area contributed by atoms with E-state index in [0.29, 0.717) is 19.4 Å². The first-order valence-electron chi connectivity index (χ1n) is 3.72. The van der Waals surface area contributed by atoms with Gasteiger partial charge in [0.15, 0.2) is 0 Å². The summed E-state index contributed by atoms with van der Waals surface area (Å²) in [5.41, 5.74) is 0. The molecule has 12 heavy (non-hydrogen) atoms. The van der Waals surface area contributed by atoms with E-state index in [0.717, 1.165) is 0 Å². The Hall–Kier alpha value is -1.26. The van der Waals surface area contributed by atoms with Gasteiger partial charge in [0.05, 0.1) is 13.2 Å². The number of hydrogen-bond donors (Lipinski definition) is 1. The van der Waals surface area contributed by atoms with Gasteiger partial charge in [0.1, 0.15) is 6.61 Å². The van der Waals surface area contributed by atoms with E-state index in [4.69, 9.17) is 0 Å². The molecule has 0 radical (unpaired) electrons. The molecule has 1 aliphatic heterocycles. The summed E-state index contributed by atoms with van der Waals surface area (Å²) >= 11 is 0. The van der Waals surface area contributed by atoms with E-state index in [9.17, 15) is 9.59 Å². The Kier molecular flexibility index (Phi) is 2.90. The number of amides is 1. The third-order valence-corrected chi connectivity index (χ3v) is 1.66. The minimum atomic E-state index is -0.412. The highest BCUT2D eigenvalue weighted by molar-refractivity contribution is 5.71. The van der Waals surface area contributed by atoms with Gasteiger partial charge in [0.25, 0.3) is 0 Å². The van der Waals surface area contributed by atoms with Gasteiger partial charge in [-0.1, -0.05) is 0 Å². The Morgan fingerprint density at radius 2 is 2.58 bits per heavy atom. The van der Waals surface area contributed by atoms with Crippen LogP contribution < -0.4 is 5.32 Å². The fraction of sp³-hybridized carbons (Fsp3) is 0.714. The van der Waals surface area contributed by atoms with Crippen LogP contribution in [0.5, 0.6) is 0 Å². The topological polar surface area (TPSA) is 64.6 Å². The maximum absolute atomic E-state index is 10.7. The smallest absolute Gasteiger partial charge is 0.407 e. The first kappa shape index (κ1) is 8.83. The zero-order valence-corrected chi connectivity index (χ0v) is 6.83. The molecule has 1 saturated heterocycles. The molecule has 68 valence electrons. The molecular weight excluding hydrogens is 162 g/mol. The second kappa shape index (κ2) is 3.94. The van der Waals surface area contributed by atoms with Crippen LogP contribution in [0.2, 0.25) is 0 Å². The summed E-state index contributed by atoms with van der Waals surface area (Å²) in [5, 5.41) is 2.56. The molecule has 0 aliphatic carbocycles. The molecule has 0 aromatic carbocycles. The predicted molar refractivity (Wildman–Crippen MR) is 39.5 cm³/mol. The van der Waals surface area contributed by atoms with Crippen molar-refractivity contribution in [2.75, 3.05) is 13.7 Å². The van der Waals surface area contributed by atoms with Crippen LogP contribution in [0.3, 0.4) is 0 Å². The van der Waals surface area contributed by atoms with Crippen LogP contribution in [0.1, 0.15) is 12.8 Å². The number of cyclic esters (lactones) is 1. The molecule has 5 nitrogen and oxygen atoms in total. The maximum atomic E-state index is 10.7. The van der Waals surface area contributed by atoms with E-state index in [1.54, 1.807) is 0 Å². The summed E-state index contributed by atoms with van der Waals surface area (Å²) in [7, 11) is 1.34. The van der Waals surface area contributed by atoms with Crippen molar-refractivity contribution in [3.05, 3.63) is 0 Å². The number of carbonyl (C=O) groups is 2. The lowest BCUT2D eigenvalue weighted by Crippen LogP contribution is -2.26. The van der Waals surface area contributed by atoms with E-state index in [1.807, 2.05) is 0 Å². The minimum absolute atomic E-state index is 0.0448. The van der Waals surface area contributed by atoms with Crippen LogP contribution in [0, 0.1) is 0 Å². The van der Waals surface area contributed by atoms with E-state index < -0.39 is 6.09 Å². The van der Waals surface area contributed by atoms with E-state index >= 15 is 0 Å². The number of nitrogens with one attached hydrogen (secondary N) is 1. The number of carbonyl (C=O) groups excluding carboxylic acids is 2. The van der Waals surface area contributed by atoms with Gasteiger partial charge < -0.3 is 14.8 Å². The Bertz CT molecular complexity index is 192. The van der Waals surface area contributed by atoms with Crippen molar-refractivity contribution in [1.82, 2.24) is 5.32 Å². The standard InChI is InChI=1S/C7H11NO4/c1-11-6(9)3-2-5-4-12-7(10)8-5/h5H,2-4H2,1H3,(H,8,10)/t5-/m1/s1. The quantitative estimate of drug-likeness (QED) is 0.612. The fourth-order valence-corrected chi connectivity index (χ4v) is 0.976. The summed E-state index contributed by atoms with van der Waals surface area (Å²) in [4.78, 5) is 21.2. The summed E-state index contributed by atoms with van der Waals surface area (Å²) in [5.74, 6) is -0.267. The molecule has 1 heterocycles. The molecule has 1 aliphatic rings. The average molecular weight is 173 g/mol. The number of hydrogen-bond acceptors (Lipinski definition) is 4. The molecule has 1 amide bonds. The van der Waals surface area contributed by atoms with Gasteiger partial charge in [-0.05, 0) is 6.42 Å². The molecule has 1 atom stereocenters. The third-order valence-electron chi connectivity index (χ3n) is 1.66. The highest BCUT2D eigenvalue weighted by atomic mass is 16.6. The SMILES string of the molecule is COC(=O)CC[C@@H]1COC(=O)N1. The maximum Gasteiger partial charge on any atom is 0.407 e. The Labute approximate surface area is 70.0 Å². The number of alkyl carbamates (subject to hydrolysis) is 1. The van der Waals surface area contributed by atoms with E-state index in [2.05, 4.69) is 14.8 Å². The minimum Gasteiger partial charge on any atom is -0.469 e. The van der Waals surface area contributed by atoms with Gasteiger partial charge in [-0.2, -0.15) is 0 Å². The van der Waals surface area contributed by atoms with Crippen molar-refractivity contribution in [3.63, 3.8) is 0 Å². The number of esters is 1. The molecule has 0 saturated carbocycles. The predicted octanol–water partition coefficient (Wildman–Crippen LogP) is 0.0480. The van der Waals surface area contributed by atoms with Crippen LogP contribution >= 0.6 is 0 Å². The highest BCUT2D eigenvalue weighted by Gasteiger charge is 2.22. The average Bonchev–Trinajstić information content (AvgIpc) is 2.47. The van der Waals surface area contributed by atoms with Crippen molar-refractivity contribution in [3.8, 4) is 0 Å². The number of methoxy groups -OCH3 is 1. The summed E-state index contributed by atoms with van der Waals surface area (Å²) in [6, 6.07) is -0.0448. The first-order chi connectivity index (χ1) is 5.72. The molecule has 1 rings (SSSR count). The molecule has 0 bridgehead atoms. The molecular formula is C7H11NO4. The lowest BCUT2D eigenvalue weighted by Gasteiger charge is -2.04. The molecule has 0 aromatic heterocycles.